The number of aliphatic hydroxyl groups is 1. The van der Waals surface area contributed by atoms with Crippen molar-refractivity contribution in [3.05, 3.63) is 120 Å². The molecule has 7 nitrogen and oxygen atoms in total. The number of fused-ring (bicyclic) bond motifs is 1. The highest BCUT2D eigenvalue weighted by Gasteiger charge is 2.32. The molecule has 0 aliphatic carbocycles. The number of rotatable bonds is 11. The van der Waals surface area contributed by atoms with Gasteiger partial charge in [-0.25, -0.2) is 9.59 Å². The first-order valence-electron chi connectivity index (χ1n) is 14.3. The SMILES string of the molecule is CC(C)(C)OC(=O)N[C@H](Cc1ccccc1)[C@@H](O)[C@@H](CCc1cccc2ccccc12)NC(=O)OCc1ccccc1. The smallest absolute Gasteiger partial charge is 0.407 e. The summed E-state index contributed by atoms with van der Waals surface area (Å²) in [5.41, 5.74) is 2.18. The number of aliphatic hydroxyl groups excluding tert-OH is 1. The Labute approximate surface area is 247 Å². The van der Waals surface area contributed by atoms with E-state index in [2.05, 4.69) is 34.9 Å². The molecule has 4 aromatic rings. The van der Waals surface area contributed by atoms with Gasteiger partial charge in [-0.05, 0) is 67.5 Å². The van der Waals surface area contributed by atoms with Crippen molar-refractivity contribution in [2.24, 2.45) is 0 Å². The lowest BCUT2D eigenvalue weighted by molar-refractivity contribution is 0.0356. The zero-order chi connectivity index (χ0) is 30.0. The van der Waals surface area contributed by atoms with E-state index in [1.165, 1.54) is 0 Å². The molecule has 4 aromatic carbocycles. The van der Waals surface area contributed by atoms with E-state index >= 15 is 0 Å². The zero-order valence-corrected chi connectivity index (χ0v) is 24.5. The molecule has 0 spiro atoms. The first kappa shape index (κ1) is 30.6. The predicted octanol–water partition coefficient (Wildman–Crippen LogP) is 6.56. The van der Waals surface area contributed by atoms with Crippen molar-refractivity contribution in [2.45, 2.75) is 70.4 Å². The Balaban J connectivity index is 1.56. The van der Waals surface area contributed by atoms with Crippen molar-refractivity contribution >= 4 is 23.0 Å². The molecule has 0 aliphatic heterocycles. The number of amides is 2. The van der Waals surface area contributed by atoms with Gasteiger partial charge in [-0.2, -0.15) is 0 Å². The van der Waals surface area contributed by atoms with Gasteiger partial charge in [0, 0.05) is 0 Å². The molecule has 0 radical (unpaired) electrons. The van der Waals surface area contributed by atoms with Gasteiger partial charge in [0.25, 0.3) is 0 Å². The minimum Gasteiger partial charge on any atom is -0.445 e. The number of ether oxygens (including phenoxy) is 2. The molecule has 0 bridgehead atoms. The summed E-state index contributed by atoms with van der Waals surface area (Å²) in [5.74, 6) is 0. The van der Waals surface area contributed by atoms with Gasteiger partial charge in [0.15, 0.2) is 0 Å². The highest BCUT2D eigenvalue weighted by atomic mass is 16.6. The van der Waals surface area contributed by atoms with Crippen LogP contribution >= 0.6 is 0 Å². The summed E-state index contributed by atoms with van der Waals surface area (Å²) in [7, 11) is 0. The molecular weight excluding hydrogens is 528 g/mol. The Hall–Kier alpha value is -4.36. The van der Waals surface area contributed by atoms with E-state index in [9.17, 15) is 14.7 Å². The molecule has 0 saturated heterocycles. The van der Waals surface area contributed by atoms with Crippen LogP contribution in [0.25, 0.3) is 10.8 Å². The molecule has 4 rings (SSSR count). The summed E-state index contributed by atoms with van der Waals surface area (Å²) in [6.07, 6.45) is -1.08. The van der Waals surface area contributed by atoms with Gasteiger partial charge in [-0.1, -0.05) is 103 Å². The highest BCUT2D eigenvalue weighted by molar-refractivity contribution is 5.85. The maximum atomic E-state index is 13.0. The third-order valence-electron chi connectivity index (χ3n) is 6.95. The summed E-state index contributed by atoms with van der Waals surface area (Å²) in [6, 6.07) is 31.8. The Bertz CT molecular complexity index is 1430. The summed E-state index contributed by atoms with van der Waals surface area (Å²) in [6.45, 7) is 5.45. The van der Waals surface area contributed by atoms with Gasteiger partial charge in [0.1, 0.15) is 12.2 Å². The summed E-state index contributed by atoms with van der Waals surface area (Å²) >= 11 is 0. The van der Waals surface area contributed by atoms with Gasteiger partial charge >= 0.3 is 12.2 Å². The van der Waals surface area contributed by atoms with Crippen LogP contribution in [0.15, 0.2) is 103 Å². The largest absolute Gasteiger partial charge is 0.445 e. The Morgan fingerprint density at radius 1 is 0.738 bits per heavy atom. The second-order valence-electron chi connectivity index (χ2n) is 11.4. The van der Waals surface area contributed by atoms with Crippen molar-refractivity contribution in [2.75, 3.05) is 0 Å². The van der Waals surface area contributed by atoms with E-state index in [-0.39, 0.29) is 6.61 Å². The molecule has 0 saturated carbocycles. The number of aryl methyl sites for hydroxylation is 1. The van der Waals surface area contributed by atoms with E-state index < -0.39 is 36.0 Å². The van der Waals surface area contributed by atoms with Crippen molar-refractivity contribution < 1.29 is 24.2 Å². The fourth-order valence-electron chi connectivity index (χ4n) is 4.93. The van der Waals surface area contributed by atoms with Crippen molar-refractivity contribution in [1.29, 1.82) is 0 Å². The minimum atomic E-state index is -1.14. The first-order chi connectivity index (χ1) is 20.2. The van der Waals surface area contributed by atoms with Crippen LogP contribution < -0.4 is 10.6 Å². The van der Waals surface area contributed by atoms with Crippen LogP contribution in [0.5, 0.6) is 0 Å². The van der Waals surface area contributed by atoms with Gasteiger partial charge in [0.2, 0.25) is 0 Å². The molecule has 2 amide bonds. The van der Waals surface area contributed by atoms with Crippen LogP contribution in [0, 0.1) is 0 Å². The quantitative estimate of drug-likeness (QED) is 0.190. The third-order valence-corrected chi connectivity index (χ3v) is 6.95. The molecule has 3 N–H and O–H groups in total. The lowest BCUT2D eigenvalue weighted by Gasteiger charge is -2.32. The minimum absolute atomic E-state index is 0.0996. The molecule has 0 aromatic heterocycles. The molecule has 0 fully saturated rings. The number of nitrogens with one attached hydrogen (secondary N) is 2. The topological polar surface area (TPSA) is 96.9 Å². The van der Waals surface area contributed by atoms with Crippen LogP contribution in [-0.2, 0) is 28.9 Å². The average molecular weight is 569 g/mol. The van der Waals surface area contributed by atoms with E-state index in [1.54, 1.807) is 20.8 Å². The summed E-state index contributed by atoms with van der Waals surface area (Å²) in [4.78, 5) is 25.8. The van der Waals surface area contributed by atoms with Gasteiger partial charge in [-0.3, -0.25) is 0 Å². The lowest BCUT2D eigenvalue weighted by atomic mass is 9.91. The van der Waals surface area contributed by atoms with E-state index in [4.69, 9.17) is 9.47 Å². The molecule has 0 unspecified atom stereocenters. The second-order valence-corrected chi connectivity index (χ2v) is 11.4. The van der Waals surface area contributed by atoms with Crippen LogP contribution in [-0.4, -0.2) is 41.1 Å². The van der Waals surface area contributed by atoms with Crippen molar-refractivity contribution in [3.8, 4) is 0 Å². The first-order valence-corrected chi connectivity index (χ1v) is 14.3. The standard InChI is InChI=1S/C35H40N2O5/c1-35(2,3)42-34(40)37-31(23-25-13-6-4-7-14-25)32(38)30(36-33(39)41-24-26-15-8-5-9-16-26)22-21-28-19-12-18-27-17-10-11-20-29(27)28/h4-20,30-32,38H,21-24H2,1-3H3,(H,36,39)(H,37,40)/t30-,31-,32+/m1/s1. The number of benzene rings is 4. The number of carbonyl (C=O) groups is 2. The fraction of sp³-hybridized carbons (Fsp3) is 0.314. The average Bonchev–Trinajstić information content (AvgIpc) is 2.97. The molecule has 7 heteroatoms. The Kier molecular flexibility index (Phi) is 10.6. The van der Waals surface area contributed by atoms with Crippen LogP contribution in [0.2, 0.25) is 0 Å². The third kappa shape index (κ3) is 9.35. The van der Waals surface area contributed by atoms with Crippen molar-refractivity contribution in [3.63, 3.8) is 0 Å². The lowest BCUT2D eigenvalue weighted by Crippen LogP contribution is -2.55. The molecule has 42 heavy (non-hydrogen) atoms. The zero-order valence-electron chi connectivity index (χ0n) is 24.5. The van der Waals surface area contributed by atoms with E-state index in [0.29, 0.717) is 19.3 Å². The van der Waals surface area contributed by atoms with Crippen LogP contribution in [0.3, 0.4) is 0 Å². The Morgan fingerprint density at radius 3 is 2.02 bits per heavy atom. The monoisotopic (exact) mass is 568 g/mol. The molecule has 0 heterocycles. The molecule has 0 aliphatic rings. The Morgan fingerprint density at radius 2 is 1.33 bits per heavy atom. The summed E-state index contributed by atoms with van der Waals surface area (Å²) in [5, 5.41) is 19.7. The molecule has 3 atom stereocenters. The van der Waals surface area contributed by atoms with Gasteiger partial charge in [0.05, 0.1) is 18.2 Å². The number of hydrogen-bond acceptors (Lipinski definition) is 5. The predicted molar refractivity (Wildman–Crippen MR) is 165 cm³/mol. The van der Waals surface area contributed by atoms with Crippen molar-refractivity contribution in [1.82, 2.24) is 10.6 Å². The summed E-state index contributed by atoms with van der Waals surface area (Å²) < 4.78 is 11.0. The van der Waals surface area contributed by atoms with E-state index in [0.717, 1.165) is 27.5 Å². The number of carbonyl (C=O) groups excluding carboxylic acids is 2. The van der Waals surface area contributed by atoms with Gasteiger partial charge < -0.3 is 25.2 Å². The fourth-order valence-corrected chi connectivity index (χ4v) is 4.93. The molecule has 220 valence electrons. The maximum Gasteiger partial charge on any atom is 0.407 e. The van der Waals surface area contributed by atoms with Gasteiger partial charge in [-0.15, -0.1) is 0 Å². The maximum absolute atomic E-state index is 13.0. The second kappa shape index (κ2) is 14.5. The van der Waals surface area contributed by atoms with E-state index in [1.807, 2.05) is 78.9 Å². The molecular formula is C35H40N2O5. The van der Waals surface area contributed by atoms with Crippen LogP contribution in [0.1, 0.15) is 43.9 Å². The number of hydrogen-bond donors (Lipinski definition) is 3. The van der Waals surface area contributed by atoms with Crippen LogP contribution in [0.4, 0.5) is 9.59 Å². The normalized spacial score (nSPS) is 13.5. The number of alkyl carbamates (subject to hydrolysis) is 2. The highest BCUT2D eigenvalue weighted by Crippen LogP contribution is 2.22.